The van der Waals surface area contributed by atoms with Crippen molar-refractivity contribution < 1.29 is 9.59 Å². The van der Waals surface area contributed by atoms with Gasteiger partial charge in [0, 0.05) is 0 Å². The Labute approximate surface area is 87.2 Å². The number of carbonyl (C=O) groups excluding carboxylic acids is 2. The van der Waals surface area contributed by atoms with Gasteiger partial charge in [-0.05, 0) is 31.3 Å². The zero-order valence-electron chi connectivity index (χ0n) is 8.13. The topological polar surface area (TPSA) is 58.2 Å². The summed E-state index contributed by atoms with van der Waals surface area (Å²) < 4.78 is 0. The van der Waals surface area contributed by atoms with Gasteiger partial charge in [-0.25, -0.2) is 0 Å². The van der Waals surface area contributed by atoms with E-state index in [1.807, 2.05) is 11.8 Å². The lowest BCUT2D eigenvalue weighted by Crippen LogP contribution is -2.69. The summed E-state index contributed by atoms with van der Waals surface area (Å²) in [6.07, 6.45) is 1.64. The van der Waals surface area contributed by atoms with Crippen molar-refractivity contribution in [3.63, 3.8) is 0 Å². The van der Waals surface area contributed by atoms with Gasteiger partial charge in [-0.2, -0.15) is 11.8 Å². The fraction of sp³-hybridized carbons (Fsp3) is 0.778. The van der Waals surface area contributed by atoms with Gasteiger partial charge in [-0.3, -0.25) is 20.2 Å². The second-order valence-corrected chi connectivity index (χ2v) is 5.10. The summed E-state index contributed by atoms with van der Waals surface area (Å²) in [6, 6.07) is -0.254. The largest absolute Gasteiger partial charge is 0.293 e. The Morgan fingerprint density at radius 3 is 2.64 bits per heavy atom. The van der Waals surface area contributed by atoms with Crippen LogP contribution in [0.15, 0.2) is 0 Å². The van der Waals surface area contributed by atoms with Crippen molar-refractivity contribution in [2.75, 3.05) is 11.5 Å². The van der Waals surface area contributed by atoms with Crippen LogP contribution in [0.3, 0.4) is 0 Å². The third-order valence-electron chi connectivity index (χ3n) is 2.90. The van der Waals surface area contributed by atoms with Gasteiger partial charge in [0.2, 0.25) is 11.8 Å². The first-order valence-corrected chi connectivity index (χ1v) is 6.00. The molecule has 2 saturated heterocycles. The van der Waals surface area contributed by atoms with Crippen molar-refractivity contribution in [3.8, 4) is 0 Å². The second-order valence-electron chi connectivity index (χ2n) is 3.88. The molecule has 1 spiro atoms. The van der Waals surface area contributed by atoms with Crippen molar-refractivity contribution in [1.29, 1.82) is 0 Å². The van der Waals surface area contributed by atoms with Crippen LogP contribution in [0.4, 0.5) is 0 Å². The molecule has 0 bridgehead atoms. The summed E-state index contributed by atoms with van der Waals surface area (Å²) in [5, 5.41) is 5.60. The van der Waals surface area contributed by atoms with Crippen molar-refractivity contribution in [2.24, 2.45) is 0 Å². The standard InChI is InChI=1S/C9H14N2O2S/c1-6-7(12)10-8(13)9(11-6)2-4-14-5-3-9/h6,11H,2-5H2,1H3,(H,10,12,13). The number of carbonyl (C=O) groups is 2. The van der Waals surface area contributed by atoms with Crippen LogP contribution in [0, 0.1) is 0 Å². The van der Waals surface area contributed by atoms with Crippen LogP contribution in [-0.4, -0.2) is 34.9 Å². The molecule has 1 unspecified atom stereocenters. The average molecular weight is 214 g/mol. The first-order chi connectivity index (χ1) is 6.64. The summed E-state index contributed by atoms with van der Waals surface area (Å²) >= 11 is 1.86. The SMILES string of the molecule is CC1NC2(CCSCC2)C(=O)NC1=O. The number of piperazine rings is 1. The summed E-state index contributed by atoms with van der Waals surface area (Å²) in [5.41, 5.74) is -0.474. The Bertz CT molecular complexity index is 274. The van der Waals surface area contributed by atoms with Crippen LogP contribution in [0.1, 0.15) is 19.8 Å². The Morgan fingerprint density at radius 2 is 2.00 bits per heavy atom. The maximum Gasteiger partial charge on any atom is 0.246 e. The highest BCUT2D eigenvalue weighted by molar-refractivity contribution is 7.99. The lowest BCUT2D eigenvalue weighted by Gasteiger charge is -2.41. The van der Waals surface area contributed by atoms with Gasteiger partial charge in [0.1, 0.15) is 5.54 Å². The van der Waals surface area contributed by atoms with Crippen LogP contribution in [0.5, 0.6) is 0 Å². The Balaban J connectivity index is 2.17. The fourth-order valence-electron chi connectivity index (χ4n) is 1.98. The smallest absolute Gasteiger partial charge is 0.246 e. The first kappa shape index (κ1) is 9.98. The Kier molecular flexibility index (Phi) is 2.53. The highest BCUT2D eigenvalue weighted by atomic mass is 32.2. The van der Waals surface area contributed by atoms with Gasteiger partial charge in [-0.15, -0.1) is 0 Å². The van der Waals surface area contributed by atoms with Gasteiger partial charge in [-0.1, -0.05) is 0 Å². The second kappa shape index (κ2) is 3.55. The Morgan fingerprint density at radius 1 is 1.36 bits per heavy atom. The molecule has 0 aromatic rings. The highest BCUT2D eigenvalue weighted by Gasteiger charge is 2.45. The van der Waals surface area contributed by atoms with Crippen LogP contribution in [0.25, 0.3) is 0 Å². The van der Waals surface area contributed by atoms with E-state index in [1.165, 1.54) is 0 Å². The highest BCUT2D eigenvalue weighted by Crippen LogP contribution is 2.29. The summed E-state index contributed by atoms with van der Waals surface area (Å²) in [7, 11) is 0. The summed E-state index contributed by atoms with van der Waals surface area (Å²) in [5.74, 6) is 1.63. The van der Waals surface area contributed by atoms with Gasteiger partial charge >= 0.3 is 0 Å². The molecule has 2 rings (SSSR count). The number of amides is 2. The molecule has 0 aliphatic carbocycles. The predicted octanol–water partition coefficient (Wildman–Crippen LogP) is -0.113. The van der Waals surface area contributed by atoms with E-state index in [0.29, 0.717) is 0 Å². The molecule has 0 aromatic heterocycles. The quantitative estimate of drug-likeness (QED) is 0.552. The first-order valence-electron chi connectivity index (χ1n) is 4.85. The zero-order valence-corrected chi connectivity index (χ0v) is 8.95. The number of hydrogen-bond donors (Lipinski definition) is 2. The minimum absolute atomic E-state index is 0.138. The van der Waals surface area contributed by atoms with Crippen molar-refractivity contribution in [1.82, 2.24) is 10.6 Å². The molecule has 2 heterocycles. The molecule has 2 fully saturated rings. The van der Waals surface area contributed by atoms with Crippen molar-refractivity contribution in [3.05, 3.63) is 0 Å². The third kappa shape index (κ3) is 1.54. The predicted molar refractivity (Wildman–Crippen MR) is 55.0 cm³/mol. The van der Waals surface area contributed by atoms with Crippen LogP contribution in [-0.2, 0) is 9.59 Å². The van der Waals surface area contributed by atoms with Gasteiger partial charge in [0.15, 0.2) is 0 Å². The summed E-state index contributed by atoms with van der Waals surface area (Å²) in [4.78, 5) is 23.0. The molecule has 2 N–H and O–H groups in total. The molecule has 2 aliphatic rings. The molecular weight excluding hydrogens is 200 g/mol. The van der Waals surface area contributed by atoms with Crippen LogP contribution in [0.2, 0.25) is 0 Å². The van der Waals surface area contributed by atoms with Gasteiger partial charge < -0.3 is 0 Å². The number of hydrogen-bond acceptors (Lipinski definition) is 4. The third-order valence-corrected chi connectivity index (χ3v) is 3.89. The van der Waals surface area contributed by atoms with Crippen molar-refractivity contribution >= 4 is 23.6 Å². The zero-order chi connectivity index (χ0) is 10.2. The molecule has 1 atom stereocenters. The molecule has 2 amide bonds. The van der Waals surface area contributed by atoms with E-state index in [1.54, 1.807) is 6.92 Å². The molecule has 4 nitrogen and oxygen atoms in total. The van der Waals surface area contributed by atoms with Gasteiger partial charge in [0.05, 0.1) is 6.04 Å². The molecule has 0 aromatic carbocycles. The normalized spacial score (nSPS) is 31.6. The molecule has 2 aliphatic heterocycles. The maximum absolute atomic E-state index is 11.7. The molecule has 0 radical (unpaired) electrons. The van der Waals surface area contributed by atoms with Crippen LogP contribution >= 0.6 is 11.8 Å². The maximum atomic E-state index is 11.7. The average Bonchev–Trinajstić information content (AvgIpc) is 2.17. The van der Waals surface area contributed by atoms with E-state index in [0.717, 1.165) is 24.3 Å². The fourth-order valence-corrected chi connectivity index (χ4v) is 3.17. The minimum atomic E-state index is -0.474. The van der Waals surface area contributed by atoms with E-state index in [2.05, 4.69) is 10.6 Å². The van der Waals surface area contributed by atoms with E-state index in [-0.39, 0.29) is 17.9 Å². The van der Waals surface area contributed by atoms with E-state index in [4.69, 9.17) is 0 Å². The van der Waals surface area contributed by atoms with E-state index in [9.17, 15) is 9.59 Å². The molecule has 0 saturated carbocycles. The number of thioether (sulfide) groups is 1. The monoisotopic (exact) mass is 214 g/mol. The van der Waals surface area contributed by atoms with Crippen LogP contribution < -0.4 is 10.6 Å². The van der Waals surface area contributed by atoms with Crippen molar-refractivity contribution in [2.45, 2.75) is 31.3 Å². The molecular formula is C9H14N2O2S. The van der Waals surface area contributed by atoms with Gasteiger partial charge in [0.25, 0.3) is 0 Å². The van der Waals surface area contributed by atoms with E-state index >= 15 is 0 Å². The number of rotatable bonds is 0. The molecule has 5 heteroatoms. The summed E-state index contributed by atoms with van der Waals surface area (Å²) in [6.45, 7) is 1.80. The Hall–Kier alpha value is -0.550. The van der Waals surface area contributed by atoms with E-state index < -0.39 is 5.54 Å². The number of imide groups is 1. The lowest BCUT2D eigenvalue weighted by atomic mass is 9.88. The molecule has 78 valence electrons. The number of nitrogens with one attached hydrogen (secondary N) is 2. The molecule has 14 heavy (non-hydrogen) atoms. The minimum Gasteiger partial charge on any atom is -0.293 e. The lowest BCUT2D eigenvalue weighted by molar-refractivity contribution is -0.140.